The third-order valence-corrected chi connectivity index (χ3v) is 3.01. The summed E-state index contributed by atoms with van der Waals surface area (Å²) in [6.45, 7) is 3.84. The number of nitrogens with one attached hydrogen (secondary N) is 1. The smallest absolute Gasteiger partial charge is 0.255 e. The second kappa shape index (κ2) is 5.67. The van der Waals surface area contributed by atoms with E-state index < -0.39 is 0 Å². The number of anilines is 1. The summed E-state index contributed by atoms with van der Waals surface area (Å²) in [7, 11) is 0. The minimum Gasteiger partial charge on any atom is -0.392 e. The zero-order chi connectivity index (χ0) is 13.8. The van der Waals surface area contributed by atoms with E-state index in [-0.39, 0.29) is 12.5 Å². The van der Waals surface area contributed by atoms with E-state index in [2.05, 4.69) is 5.32 Å². The maximum Gasteiger partial charge on any atom is 0.255 e. The Hall–Kier alpha value is -2.13. The van der Waals surface area contributed by atoms with Crippen LogP contribution in [-0.4, -0.2) is 11.0 Å². The molecule has 3 heteroatoms. The van der Waals surface area contributed by atoms with Crippen LogP contribution in [0.1, 0.15) is 27.0 Å². The molecule has 2 N–H and O–H groups in total. The molecule has 0 radical (unpaired) electrons. The van der Waals surface area contributed by atoms with Gasteiger partial charge in [0.15, 0.2) is 0 Å². The van der Waals surface area contributed by atoms with Crippen LogP contribution in [-0.2, 0) is 6.61 Å². The molecule has 0 unspecified atom stereocenters. The minimum atomic E-state index is -0.128. The largest absolute Gasteiger partial charge is 0.392 e. The molecular formula is C16H17NO2. The molecule has 0 aliphatic carbocycles. The predicted molar refractivity (Wildman–Crippen MR) is 76.2 cm³/mol. The van der Waals surface area contributed by atoms with E-state index >= 15 is 0 Å². The van der Waals surface area contributed by atoms with Crippen LogP contribution in [0.25, 0.3) is 0 Å². The summed E-state index contributed by atoms with van der Waals surface area (Å²) in [6, 6.07) is 13.0. The molecule has 0 aromatic heterocycles. The number of rotatable bonds is 3. The van der Waals surface area contributed by atoms with Gasteiger partial charge in [-0.25, -0.2) is 0 Å². The van der Waals surface area contributed by atoms with Gasteiger partial charge in [-0.15, -0.1) is 0 Å². The van der Waals surface area contributed by atoms with Crippen LogP contribution in [0.4, 0.5) is 5.69 Å². The number of amides is 1. The molecule has 2 aromatic carbocycles. The highest BCUT2D eigenvalue weighted by molar-refractivity contribution is 6.05. The fourth-order valence-corrected chi connectivity index (χ4v) is 1.93. The van der Waals surface area contributed by atoms with Crippen molar-refractivity contribution in [2.24, 2.45) is 0 Å². The second-order valence-corrected chi connectivity index (χ2v) is 4.63. The van der Waals surface area contributed by atoms with Crippen molar-refractivity contribution in [3.63, 3.8) is 0 Å². The summed E-state index contributed by atoms with van der Waals surface area (Å²) < 4.78 is 0. The summed E-state index contributed by atoms with van der Waals surface area (Å²) >= 11 is 0. The van der Waals surface area contributed by atoms with Gasteiger partial charge in [0.25, 0.3) is 5.91 Å². The first-order chi connectivity index (χ1) is 9.10. The lowest BCUT2D eigenvalue weighted by Crippen LogP contribution is -2.13. The van der Waals surface area contributed by atoms with Crippen molar-refractivity contribution in [1.82, 2.24) is 0 Å². The Labute approximate surface area is 112 Å². The Balaban J connectivity index is 2.23. The molecule has 2 aromatic rings. The van der Waals surface area contributed by atoms with E-state index in [1.807, 2.05) is 50.2 Å². The highest BCUT2D eigenvalue weighted by Gasteiger charge is 2.09. The quantitative estimate of drug-likeness (QED) is 0.885. The molecule has 0 aliphatic rings. The highest BCUT2D eigenvalue weighted by Crippen LogP contribution is 2.15. The Morgan fingerprint density at radius 2 is 1.95 bits per heavy atom. The summed E-state index contributed by atoms with van der Waals surface area (Å²) in [5.74, 6) is -0.128. The number of benzene rings is 2. The average Bonchev–Trinajstić information content (AvgIpc) is 2.41. The Bertz CT molecular complexity index is 605. The lowest BCUT2D eigenvalue weighted by molar-refractivity contribution is 0.102. The Kier molecular flexibility index (Phi) is 3.97. The van der Waals surface area contributed by atoms with Crippen molar-refractivity contribution in [1.29, 1.82) is 0 Å². The van der Waals surface area contributed by atoms with E-state index in [1.54, 1.807) is 6.07 Å². The standard InChI is InChI=1S/C16H17NO2/c1-11-6-7-12(2)15(8-11)16(19)17-14-5-3-4-13(9-14)10-18/h3-9,18H,10H2,1-2H3,(H,17,19). The molecule has 0 heterocycles. The molecule has 0 fully saturated rings. The van der Waals surface area contributed by atoms with Gasteiger partial charge in [0.1, 0.15) is 0 Å². The third-order valence-electron chi connectivity index (χ3n) is 3.01. The number of hydrogen-bond donors (Lipinski definition) is 2. The van der Waals surface area contributed by atoms with Gasteiger partial charge in [-0.1, -0.05) is 29.8 Å². The monoisotopic (exact) mass is 255 g/mol. The number of aryl methyl sites for hydroxylation is 2. The zero-order valence-electron chi connectivity index (χ0n) is 11.1. The minimum absolute atomic E-state index is 0.0345. The number of aliphatic hydroxyl groups is 1. The van der Waals surface area contributed by atoms with Gasteiger partial charge in [-0.2, -0.15) is 0 Å². The number of aliphatic hydroxyl groups excluding tert-OH is 1. The van der Waals surface area contributed by atoms with Crippen molar-refractivity contribution in [2.75, 3.05) is 5.32 Å². The van der Waals surface area contributed by atoms with Crippen LogP contribution in [0.3, 0.4) is 0 Å². The summed E-state index contributed by atoms with van der Waals surface area (Å²) in [5, 5.41) is 11.9. The van der Waals surface area contributed by atoms with Crippen molar-refractivity contribution in [3.8, 4) is 0 Å². The summed E-state index contributed by atoms with van der Waals surface area (Å²) in [4.78, 5) is 12.2. The SMILES string of the molecule is Cc1ccc(C)c(C(=O)Nc2cccc(CO)c2)c1. The van der Waals surface area contributed by atoms with Crippen LogP contribution in [0.15, 0.2) is 42.5 Å². The van der Waals surface area contributed by atoms with Gasteiger partial charge in [0.2, 0.25) is 0 Å². The van der Waals surface area contributed by atoms with Gasteiger partial charge in [0, 0.05) is 11.3 Å². The highest BCUT2D eigenvalue weighted by atomic mass is 16.3. The van der Waals surface area contributed by atoms with E-state index in [0.717, 1.165) is 16.7 Å². The predicted octanol–water partition coefficient (Wildman–Crippen LogP) is 3.05. The van der Waals surface area contributed by atoms with Crippen molar-refractivity contribution in [2.45, 2.75) is 20.5 Å². The van der Waals surface area contributed by atoms with Crippen LogP contribution < -0.4 is 5.32 Å². The van der Waals surface area contributed by atoms with Gasteiger partial charge < -0.3 is 10.4 Å². The normalized spacial score (nSPS) is 10.3. The lowest BCUT2D eigenvalue weighted by atomic mass is 10.0. The first kappa shape index (κ1) is 13.3. The van der Waals surface area contributed by atoms with Gasteiger partial charge in [-0.3, -0.25) is 4.79 Å². The van der Waals surface area contributed by atoms with Crippen molar-refractivity contribution >= 4 is 11.6 Å². The average molecular weight is 255 g/mol. The maximum absolute atomic E-state index is 12.2. The van der Waals surface area contributed by atoms with Gasteiger partial charge in [-0.05, 0) is 43.2 Å². The first-order valence-corrected chi connectivity index (χ1v) is 6.18. The van der Waals surface area contributed by atoms with E-state index in [9.17, 15) is 4.79 Å². The molecule has 3 nitrogen and oxygen atoms in total. The van der Waals surface area contributed by atoms with E-state index in [1.165, 1.54) is 0 Å². The summed E-state index contributed by atoms with van der Waals surface area (Å²) in [5.41, 5.74) is 4.15. The zero-order valence-corrected chi connectivity index (χ0v) is 11.1. The Morgan fingerprint density at radius 3 is 2.68 bits per heavy atom. The van der Waals surface area contributed by atoms with Crippen molar-refractivity contribution in [3.05, 3.63) is 64.7 Å². The van der Waals surface area contributed by atoms with Crippen LogP contribution >= 0.6 is 0 Å². The number of carbonyl (C=O) groups excluding carboxylic acids is 1. The van der Waals surface area contributed by atoms with Gasteiger partial charge in [0.05, 0.1) is 6.61 Å². The molecule has 98 valence electrons. The molecule has 0 saturated heterocycles. The summed E-state index contributed by atoms with van der Waals surface area (Å²) in [6.07, 6.45) is 0. The van der Waals surface area contributed by atoms with Crippen LogP contribution in [0.2, 0.25) is 0 Å². The lowest BCUT2D eigenvalue weighted by Gasteiger charge is -2.09. The fourth-order valence-electron chi connectivity index (χ4n) is 1.93. The fraction of sp³-hybridized carbons (Fsp3) is 0.188. The molecule has 0 atom stereocenters. The molecule has 0 bridgehead atoms. The number of carbonyl (C=O) groups is 1. The van der Waals surface area contributed by atoms with Crippen LogP contribution in [0, 0.1) is 13.8 Å². The van der Waals surface area contributed by atoms with Crippen LogP contribution in [0.5, 0.6) is 0 Å². The maximum atomic E-state index is 12.2. The number of hydrogen-bond acceptors (Lipinski definition) is 2. The molecule has 2 rings (SSSR count). The molecule has 0 spiro atoms. The molecule has 19 heavy (non-hydrogen) atoms. The van der Waals surface area contributed by atoms with E-state index in [0.29, 0.717) is 11.3 Å². The second-order valence-electron chi connectivity index (χ2n) is 4.63. The van der Waals surface area contributed by atoms with E-state index in [4.69, 9.17) is 5.11 Å². The van der Waals surface area contributed by atoms with Gasteiger partial charge >= 0.3 is 0 Å². The third kappa shape index (κ3) is 3.20. The first-order valence-electron chi connectivity index (χ1n) is 6.18. The topological polar surface area (TPSA) is 49.3 Å². The molecule has 1 amide bonds. The van der Waals surface area contributed by atoms with Crippen molar-refractivity contribution < 1.29 is 9.90 Å². The molecule has 0 aliphatic heterocycles. The molecular weight excluding hydrogens is 238 g/mol. The molecule has 0 saturated carbocycles. The Morgan fingerprint density at radius 1 is 1.16 bits per heavy atom.